The van der Waals surface area contributed by atoms with E-state index in [1.54, 1.807) is 5.56 Å². The van der Waals surface area contributed by atoms with Gasteiger partial charge in [0.25, 0.3) is 0 Å². The topological polar surface area (TPSA) is 18.5 Å². The van der Waals surface area contributed by atoms with Gasteiger partial charge in [-0.05, 0) is 37.1 Å². The Kier molecular flexibility index (Phi) is 4.71. The lowest BCUT2D eigenvalue weighted by Crippen LogP contribution is -2.49. The molecule has 2 heterocycles. The Morgan fingerprint density at radius 1 is 1.10 bits per heavy atom. The fourth-order valence-corrected chi connectivity index (χ4v) is 3.53. The Labute approximate surface area is 123 Å². The van der Waals surface area contributed by atoms with Crippen molar-refractivity contribution in [3.8, 4) is 0 Å². The minimum atomic E-state index is 0.526. The molecule has 3 rings (SSSR count). The number of fused-ring (bicyclic) bond motifs is 1. The van der Waals surface area contributed by atoms with Crippen molar-refractivity contribution in [1.82, 2.24) is 15.1 Å². The van der Waals surface area contributed by atoms with Crippen molar-refractivity contribution in [3.63, 3.8) is 0 Å². The van der Waals surface area contributed by atoms with Crippen LogP contribution in [0.15, 0.2) is 24.3 Å². The van der Waals surface area contributed by atoms with Crippen molar-refractivity contribution < 1.29 is 0 Å². The molecule has 1 fully saturated rings. The molecule has 2 aliphatic heterocycles. The fourth-order valence-electron chi connectivity index (χ4n) is 3.53. The van der Waals surface area contributed by atoms with Crippen molar-refractivity contribution >= 4 is 0 Å². The van der Waals surface area contributed by atoms with Crippen molar-refractivity contribution in [2.75, 3.05) is 45.8 Å². The van der Waals surface area contributed by atoms with E-state index < -0.39 is 0 Å². The van der Waals surface area contributed by atoms with Gasteiger partial charge in [0.2, 0.25) is 0 Å². The molecule has 0 aromatic heterocycles. The predicted octanol–water partition coefficient (Wildman–Crippen LogP) is 1.90. The summed E-state index contributed by atoms with van der Waals surface area (Å²) < 4.78 is 0. The van der Waals surface area contributed by atoms with Crippen LogP contribution in [-0.2, 0) is 6.42 Å². The third-order valence-corrected chi connectivity index (χ3v) is 4.66. The smallest absolute Gasteiger partial charge is 0.0452 e. The van der Waals surface area contributed by atoms with Crippen LogP contribution in [0.4, 0.5) is 0 Å². The number of nitrogens with one attached hydrogen (secondary N) is 1. The van der Waals surface area contributed by atoms with Gasteiger partial charge in [-0.25, -0.2) is 0 Å². The van der Waals surface area contributed by atoms with Crippen LogP contribution in [0.3, 0.4) is 0 Å². The molecule has 0 spiro atoms. The number of benzene rings is 1. The molecule has 2 aliphatic rings. The second kappa shape index (κ2) is 6.70. The summed E-state index contributed by atoms with van der Waals surface area (Å²) >= 11 is 0. The minimum Gasteiger partial charge on any atom is -0.309 e. The molecule has 0 amide bonds. The standard InChI is InChI=1S/C17H27N3/c1-2-9-19-10-12-20(13-11-19)14-17-16-6-4-3-5-15(16)7-8-18-17/h3-6,17-18H,2,7-14H2,1H3. The first-order chi connectivity index (χ1) is 9.86. The van der Waals surface area contributed by atoms with E-state index in [9.17, 15) is 0 Å². The van der Waals surface area contributed by atoms with E-state index in [-0.39, 0.29) is 0 Å². The highest BCUT2D eigenvalue weighted by atomic mass is 15.3. The van der Waals surface area contributed by atoms with Crippen molar-refractivity contribution in [2.24, 2.45) is 0 Å². The zero-order valence-corrected chi connectivity index (χ0v) is 12.6. The monoisotopic (exact) mass is 273 g/mol. The third-order valence-electron chi connectivity index (χ3n) is 4.66. The normalized spacial score (nSPS) is 24.6. The molecule has 20 heavy (non-hydrogen) atoms. The quantitative estimate of drug-likeness (QED) is 0.904. The Morgan fingerprint density at radius 2 is 1.85 bits per heavy atom. The SMILES string of the molecule is CCCN1CCN(CC2NCCc3ccccc32)CC1. The maximum Gasteiger partial charge on any atom is 0.0452 e. The minimum absolute atomic E-state index is 0.526. The molecule has 0 bridgehead atoms. The van der Waals surface area contributed by atoms with Crippen LogP contribution in [-0.4, -0.2) is 55.6 Å². The van der Waals surface area contributed by atoms with Crippen LogP contribution in [0.5, 0.6) is 0 Å². The molecule has 1 atom stereocenters. The van der Waals surface area contributed by atoms with E-state index in [1.165, 1.54) is 51.1 Å². The number of piperazine rings is 1. The van der Waals surface area contributed by atoms with Crippen LogP contribution in [0.2, 0.25) is 0 Å². The van der Waals surface area contributed by atoms with Gasteiger partial charge in [-0.15, -0.1) is 0 Å². The molecular weight excluding hydrogens is 246 g/mol. The lowest BCUT2D eigenvalue weighted by atomic mass is 9.94. The maximum atomic E-state index is 3.70. The van der Waals surface area contributed by atoms with Crippen LogP contribution < -0.4 is 5.32 Å². The van der Waals surface area contributed by atoms with Crippen LogP contribution in [0.25, 0.3) is 0 Å². The number of hydrogen-bond acceptors (Lipinski definition) is 3. The largest absolute Gasteiger partial charge is 0.309 e. The average molecular weight is 273 g/mol. The predicted molar refractivity (Wildman–Crippen MR) is 84.1 cm³/mol. The van der Waals surface area contributed by atoms with Gasteiger partial charge in [0.1, 0.15) is 0 Å². The first-order valence-corrected chi connectivity index (χ1v) is 8.12. The Bertz CT molecular complexity index is 424. The van der Waals surface area contributed by atoms with E-state index in [0.717, 1.165) is 13.1 Å². The van der Waals surface area contributed by atoms with Gasteiger partial charge >= 0.3 is 0 Å². The number of rotatable bonds is 4. The summed E-state index contributed by atoms with van der Waals surface area (Å²) in [5, 5.41) is 3.70. The molecular formula is C17H27N3. The Hall–Kier alpha value is -0.900. The fraction of sp³-hybridized carbons (Fsp3) is 0.647. The second-order valence-corrected chi connectivity index (χ2v) is 6.10. The summed E-state index contributed by atoms with van der Waals surface area (Å²) in [6.45, 7) is 10.7. The van der Waals surface area contributed by atoms with Crippen molar-refractivity contribution in [1.29, 1.82) is 0 Å². The molecule has 1 N–H and O–H groups in total. The van der Waals surface area contributed by atoms with Gasteiger partial charge in [0, 0.05) is 38.8 Å². The molecule has 0 aliphatic carbocycles. The van der Waals surface area contributed by atoms with Gasteiger partial charge in [-0.2, -0.15) is 0 Å². The lowest BCUT2D eigenvalue weighted by Gasteiger charge is -2.38. The molecule has 3 heteroatoms. The summed E-state index contributed by atoms with van der Waals surface area (Å²) in [6.07, 6.45) is 2.45. The van der Waals surface area contributed by atoms with E-state index in [4.69, 9.17) is 0 Å². The van der Waals surface area contributed by atoms with Crippen LogP contribution >= 0.6 is 0 Å². The van der Waals surface area contributed by atoms with Crippen molar-refractivity contribution in [2.45, 2.75) is 25.8 Å². The zero-order chi connectivity index (χ0) is 13.8. The first-order valence-electron chi connectivity index (χ1n) is 8.12. The molecule has 1 aromatic carbocycles. The van der Waals surface area contributed by atoms with Gasteiger partial charge in [0.15, 0.2) is 0 Å². The highest BCUT2D eigenvalue weighted by molar-refractivity contribution is 5.32. The average Bonchev–Trinajstić information content (AvgIpc) is 2.50. The molecule has 0 saturated carbocycles. The van der Waals surface area contributed by atoms with E-state index >= 15 is 0 Å². The van der Waals surface area contributed by atoms with E-state index in [2.05, 4.69) is 46.3 Å². The maximum absolute atomic E-state index is 3.70. The van der Waals surface area contributed by atoms with E-state index in [1.807, 2.05) is 0 Å². The molecule has 1 unspecified atom stereocenters. The molecule has 0 radical (unpaired) electrons. The van der Waals surface area contributed by atoms with Crippen LogP contribution in [0, 0.1) is 0 Å². The number of hydrogen-bond donors (Lipinski definition) is 1. The van der Waals surface area contributed by atoms with E-state index in [0.29, 0.717) is 6.04 Å². The van der Waals surface area contributed by atoms with Gasteiger partial charge < -0.3 is 10.2 Å². The highest BCUT2D eigenvalue weighted by Crippen LogP contribution is 2.23. The second-order valence-electron chi connectivity index (χ2n) is 6.10. The third kappa shape index (κ3) is 3.22. The lowest BCUT2D eigenvalue weighted by molar-refractivity contribution is 0.122. The van der Waals surface area contributed by atoms with Gasteiger partial charge in [-0.1, -0.05) is 31.2 Å². The van der Waals surface area contributed by atoms with Crippen molar-refractivity contribution in [3.05, 3.63) is 35.4 Å². The summed E-state index contributed by atoms with van der Waals surface area (Å²) in [5.41, 5.74) is 3.07. The summed E-state index contributed by atoms with van der Waals surface area (Å²) in [7, 11) is 0. The Morgan fingerprint density at radius 3 is 2.65 bits per heavy atom. The molecule has 3 nitrogen and oxygen atoms in total. The zero-order valence-electron chi connectivity index (χ0n) is 12.6. The summed E-state index contributed by atoms with van der Waals surface area (Å²) in [5.74, 6) is 0. The van der Waals surface area contributed by atoms with Gasteiger partial charge in [-0.3, -0.25) is 4.90 Å². The molecule has 1 saturated heterocycles. The summed E-state index contributed by atoms with van der Waals surface area (Å²) in [4.78, 5) is 5.23. The first kappa shape index (κ1) is 14.1. The highest BCUT2D eigenvalue weighted by Gasteiger charge is 2.23. The molecule has 110 valence electrons. The molecule has 1 aromatic rings. The Balaban J connectivity index is 1.57. The van der Waals surface area contributed by atoms with Gasteiger partial charge in [0.05, 0.1) is 0 Å². The van der Waals surface area contributed by atoms with Crippen LogP contribution in [0.1, 0.15) is 30.5 Å². The number of nitrogens with zero attached hydrogens (tertiary/aromatic N) is 2. The summed E-state index contributed by atoms with van der Waals surface area (Å²) in [6, 6.07) is 9.47.